The lowest BCUT2D eigenvalue weighted by Crippen LogP contribution is -2.43. The van der Waals surface area contributed by atoms with E-state index >= 15 is 0 Å². The van der Waals surface area contributed by atoms with Crippen LogP contribution in [0.15, 0.2) is 79.2 Å². The zero-order valence-electron chi connectivity index (χ0n) is 41.2. The maximum absolute atomic E-state index is 11.1. The summed E-state index contributed by atoms with van der Waals surface area (Å²) in [5.41, 5.74) is 6.16. The molecular weight excluding hydrogens is 701 g/mol. The number of carbonyl (C=O) groups is 1. The Morgan fingerprint density at radius 3 is 1.60 bits per heavy atom. The van der Waals surface area contributed by atoms with Gasteiger partial charge in [-0.05, 0) is 95.7 Å². The van der Waals surface area contributed by atoms with E-state index in [0.717, 1.165) is 43.5 Å². The van der Waals surface area contributed by atoms with Crippen LogP contribution in [0.5, 0.6) is 0 Å². The van der Waals surface area contributed by atoms with Gasteiger partial charge in [-0.15, -0.1) is 0 Å². The number of carbonyl (C=O) groups excluding carboxylic acids is 1. The van der Waals surface area contributed by atoms with Gasteiger partial charge in [0.2, 0.25) is 0 Å². The summed E-state index contributed by atoms with van der Waals surface area (Å²) in [5, 5.41) is 23.5. The summed E-state index contributed by atoms with van der Waals surface area (Å²) < 4.78 is 0. The maximum atomic E-state index is 11.1. The van der Waals surface area contributed by atoms with Gasteiger partial charge in [0.15, 0.2) is 0 Å². The molecule has 0 amide bonds. The average molecular weight is 799 g/mol. The first-order valence-electron chi connectivity index (χ1n) is 22.2. The van der Waals surface area contributed by atoms with Crippen LogP contribution in [0.2, 0.25) is 0 Å². The van der Waals surface area contributed by atoms with Crippen molar-refractivity contribution in [2.75, 3.05) is 14.1 Å². The Morgan fingerprint density at radius 2 is 1.30 bits per heavy atom. The van der Waals surface area contributed by atoms with Gasteiger partial charge in [0.1, 0.15) is 5.78 Å². The molecule has 0 aromatic heterocycles. The largest absolute Gasteiger partial charge is 0.391 e. The number of likely N-dealkylation sites (N-methyl/N-ethyl adjacent to an activating group) is 2. The standard InChI is InChI=1S/C20H38N2.C12H25NO2.C9H19N.C8H10.C2H6/c1-11-12-18(14(2)3)22-17(7)19(15(4)5)21-16(6)13-20(8,9)10;1-8(2)6-11(13-5)12(15)7-9(3)10(4)14;1-6-8(4)9(10-5)7(2)3;1-2-8-6-4-3-5-7-8;1-2/h15,18-19,21-22H,2,6-7,11-13H2,1,3-5,8-10H3;8-9,11-13,15H,6-7H2,1-5H3;8-10H,2,6H2,1,3-5H3;3-7H,2H2,1H3;1-2H3/t18?,19-;9?,11-,12?;8-,9?;;/m001../s1. The lowest BCUT2D eigenvalue weighted by molar-refractivity contribution is -0.121. The molecule has 7 atom stereocenters. The molecule has 6 heteroatoms. The minimum absolute atomic E-state index is 0.0528. The molecule has 0 saturated heterocycles. The lowest BCUT2D eigenvalue weighted by Gasteiger charge is -2.32. The van der Waals surface area contributed by atoms with Gasteiger partial charge in [0.25, 0.3) is 0 Å². The highest BCUT2D eigenvalue weighted by molar-refractivity contribution is 5.77. The van der Waals surface area contributed by atoms with Crippen molar-refractivity contribution in [1.29, 1.82) is 0 Å². The monoisotopic (exact) mass is 799 g/mol. The maximum Gasteiger partial charge on any atom is 0.132 e. The van der Waals surface area contributed by atoms with Gasteiger partial charge in [-0.25, -0.2) is 0 Å². The molecule has 1 rings (SSSR count). The smallest absolute Gasteiger partial charge is 0.132 e. The van der Waals surface area contributed by atoms with Crippen LogP contribution in [-0.4, -0.2) is 55.3 Å². The summed E-state index contributed by atoms with van der Waals surface area (Å²) in [4.78, 5) is 11.1. The second-order valence-corrected chi connectivity index (χ2v) is 17.7. The van der Waals surface area contributed by atoms with E-state index in [2.05, 4.69) is 162 Å². The topological polar surface area (TPSA) is 85.4 Å². The number of Topliss-reactive ketones (excluding diaryl/α,β-unsaturated/α-hetero) is 1. The van der Waals surface area contributed by atoms with Gasteiger partial charge in [-0.2, -0.15) is 0 Å². The molecular formula is C51H98N4O2. The number of aliphatic hydroxyl groups is 1. The molecule has 0 aliphatic heterocycles. The Balaban J connectivity index is -0.000000346. The van der Waals surface area contributed by atoms with Crippen LogP contribution < -0.4 is 21.3 Å². The molecule has 0 bridgehead atoms. The van der Waals surface area contributed by atoms with Gasteiger partial charge in [0.05, 0.1) is 12.1 Å². The van der Waals surface area contributed by atoms with Crippen LogP contribution in [0.25, 0.3) is 0 Å². The average Bonchev–Trinajstić information content (AvgIpc) is 3.13. The third-order valence-corrected chi connectivity index (χ3v) is 9.83. The van der Waals surface area contributed by atoms with Crippen molar-refractivity contribution in [3.63, 3.8) is 0 Å². The summed E-state index contributed by atoms with van der Waals surface area (Å²) in [5.74, 6) is 1.79. The number of benzene rings is 1. The van der Waals surface area contributed by atoms with E-state index in [1.807, 2.05) is 40.9 Å². The van der Waals surface area contributed by atoms with E-state index in [-0.39, 0.29) is 29.2 Å². The quantitative estimate of drug-likeness (QED) is 0.0751. The lowest BCUT2D eigenvalue weighted by atomic mass is 9.90. The first kappa shape index (κ1) is 61.0. The van der Waals surface area contributed by atoms with Crippen molar-refractivity contribution in [3.05, 3.63) is 84.8 Å². The number of nitrogens with one attached hydrogen (secondary N) is 4. The summed E-state index contributed by atoms with van der Waals surface area (Å²) in [6, 6.07) is 11.5. The summed E-state index contributed by atoms with van der Waals surface area (Å²) in [6.07, 6.45) is 6.57. The molecule has 0 heterocycles. The summed E-state index contributed by atoms with van der Waals surface area (Å²) in [7, 11) is 3.85. The van der Waals surface area contributed by atoms with Gasteiger partial charge in [-0.1, -0.05) is 178 Å². The molecule has 0 spiro atoms. The Bertz CT molecular complexity index is 1180. The fourth-order valence-corrected chi connectivity index (χ4v) is 6.24. The zero-order valence-corrected chi connectivity index (χ0v) is 41.2. The van der Waals surface area contributed by atoms with Crippen LogP contribution >= 0.6 is 0 Å². The minimum Gasteiger partial charge on any atom is -0.391 e. The van der Waals surface area contributed by atoms with E-state index < -0.39 is 6.10 Å². The molecule has 0 fully saturated rings. The van der Waals surface area contributed by atoms with E-state index in [4.69, 9.17) is 0 Å². The van der Waals surface area contributed by atoms with Crippen LogP contribution in [0.1, 0.15) is 162 Å². The van der Waals surface area contributed by atoms with Crippen molar-refractivity contribution in [3.8, 4) is 0 Å². The Kier molecular flexibility index (Phi) is 37.8. The van der Waals surface area contributed by atoms with Gasteiger partial charge < -0.3 is 26.4 Å². The van der Waals surface area contributed by atoms with Crippen molar-refractivity contribution in [2.24, 2.45) is 29.1 Å². The highest BCUT2D eigenvalue weighted by atomic mass is 16.3. The predicted molar refractivity (Wildman–Crippen MR) is 258 cm³/mol. The van der Waals surface area contributed by atoms with Crippen molar-refractivity contribution in [1.82, 2.24) is 21.3 Å². The van der Waals surface area contributed by atoms with E-state index in [1.54, 1.807) is 6.92 Å². The summed E-state index contributed by atoms with van der Waals surface area (Å²) in [6.45, 7) is 52.3. The molecule has 1 aromatic rings. The number of aryl methyl sites for hydroxylation is 1. The Morgan fingerprint density at radius 1 is 0.772 bits per heavy atom. The molecule has 57 heavy (non-hydrogen) atoms. The van der Waals surface area contributed by atoms with Crippen LogP contribution in [0.3, 0.4) is 0 Å². The number of hydrogen-bond donors (Lipinski definition) is 5. The molecule has 0 aliphatic carbocycles. The Labute approximate surface area is 356 Å². The van der Waals surface area contributed by atoms with Crippen molar-refractivity contribution in [2.45, 2.75) is 193 Å². The highest BCUT2D eigenvalue weighted by Crippen LogP contribution is 2.24. The highest BCUT2D eigenvalue weighted by Gasteiger charge is 2.23. The SMILES string of the molecule is C=C(C)C(NC)[C@H](C)CC.C=C(CC(C)(C)C)N[C@H](C(=C)NC(CCC)C(=C)C)C(C)C.CC.CCc1ccccc1.CN[C@@H](CC(C)C)C(O)CC(C)C(C)=O. The van der Waals surface area contributed by atoms with Gasteiger partial charge in [-0.3, -0.25) is 4.79 Å². The number of rotatable bonds is 22. The molecule has 0 radical (unpaired) electrons. The fourth-order valence-electron chi connectivity index (χ4n) is 6.24. The second-order valence-electron chi connectivity index (χ2n) is 17.7. The molecule has 4 unspecified atom stereocenters. The zero-order chi connectivity index (χ0) is 45.5. The summed E-state index contributed by atoms with van der Waals surface area (Å²) >= 11 is 0. The number of hydrogen-bond acceptors (Lipinski definition) is 6. The van der Waals surface area contributed by atoms with E-state index in [9.17, 15) is 9.90 Å². The van der Waals surface area contributed by atoms with Crippen LogP contribution in [0, 0.1) is 29.1 Å². The Hall–Kier alpha value is -2.67. The van der Waals surface area contributed by atoms with Gasteiger partial charge in [0, 0.05) is 35.4 Å². The van der Waals surface area contributed by atoms with E-state index in [1.165, 1.54) is 23.1 Å². The number of aliphatic hydroxyl groups excluding tert-OH is 1. The molecule has 0 aliphatic rings. The number of allylic oxidation sites excluding steroid dienone is 1. The van der Waals surface area contributed by atoms with E-state index in [0.29, 0.717) is 36.3 Å². The van der Waals surface area contributed by atoms with Crippen LogP contribution in [0.4, 0.5) is 0 Å². The van der Waals surface area contributed by atoms with Gasteiger partial charge >= 0.3 is 0 Å². The fraction of sp³-hybridized carbons (Fsp3) is 0.706. The first-order valence-corrected chi connectivity index (χ1v) is 22.2. The second kappa shape index (κ2) is 35.3. The normalized spacial score (nSPS) is 14.4. The molecule has 6 nitrogen and oxygen atoms in total. The molecule has 5 N–H and O–H groups in total. The minimum atomic E-state index is -0.434. The molecule has 334 valence electrons. The van der Waals surface area contributed by atoms with Crippen molar-refractivity contribution < 1.29 is 9.90 Å². The molecule has 0 saturated carbocycles. The van der Waals surface area contributed by atoms with Crippen LogP contribution in [-0.2, 0) is 11.2 Å². The predicted octanol–water partition coefficient (Wildman–Crippen LogP) is 12.5. The third kappa shape index (κ3) is 32.9. The number of ketones is 1. The van der Waals surface area contributed by atoms with Crippen molar-refractivity contribution >= 4 is 5.78 Å². The first-order chi connectivity index (χ1) is 26.4. The molecule has 1 aromatic carbocycles. The third-order valence-electron chi connectivity index (χ3n) is 9.83.